The molecule has 0 saturated carbocycles. The molecule has 0 aliphatic carbocycles. The first-order valence-electron chi connectivity index (χ1n) is 2.69. The van der Waals surface area contributed by atoms with E-state index in [9.17, 15) is 4.79 Å². The van der Waals surface area contributed by atoms with E-state index < -0.39 is 6.17 Å². The molecular weight excluding hydrogens is 140 g/mol. The van der Waals surface area contributed by atoms with Gasteiger partial charge >= 0.3 is 0 Å². The van der Waals surface area contributed by atoms with Crippen molar-refractivity contribution in [3.8, 4) is 0 Å². The second-order valence-electron chi connectivity index (χ2n) is 1.76. The van der Waals surface area contributed by atoms with E-state index in [-0.39, 0.29) is 18.2 Å². The van der Waals surface area contributed by atoms with Crippen LogP contribution in [0.4, 0.5) is 0 Å². The molecule has 4 N–H and O–H groups in total. The molecule has 9 heavy (non-hydrogen) atoms. The third-order valence-electron chi connectivity index (χ3n) is 0.858. The second-order valence-corrected chi connectivity index (χ2v) is 1.76. The molecule has 0 aliphatic rings. The van der Waals surface area contributed by atoms with E-state index in [2.05, 4.69) is 0 Å². The summed E-state index contributed by atoms with van der Waals surface area (Å²) in [5, 5.41) is 0. The number of nitrogens with two attached hydrogens (primary N) is 2. The van der Waals surface area contributed by atoms with Gasteiger partial charge in [-0.15, -0.1) is 12.4 Å². The molecule has 0 heterocycles. The number of hydrogen-bond donors (Lipinski definition) is 2. The third kappa shape index (κ3) is 7.88. The van der Waals surface area contributed by atoms with E-state index in [4.69, 9.17) is 11.5 Å². The normalized spacial score (nSPS) is 8.89. The van der Waals surface area contributed by atoms with Crippen LogP contribution >= 0.6 is 12.4 Å². The Kier molecular flexibility index (Phi) is 7.77. The van der Waals surface area contributed by atoms with E-state index in [0.717, 1.165) is 0 Å². The quantitative estimate of drug-likeness (QED) is 0.561. The van der Waals surface area contributed by atoms with Crippen LogP contribution in [0.1, 0.15) is 19.8 Å². The number of halogens is 1. The van der Waals surface area contributed by atoms with Gasteiger partial charge in [-0.2, -0.15) is 0 Å². The zero-order valence-corrected chi connectivity index (χ0v) is 6.28. The lowest BCUT2D eigenvalue weighted by Gasteiger charge is -1.99. The summed E-state index contributed by atoms with van der Waals surface area (Å²) in [6, 6.07) is 0. The van der Waals surface area contributed by atoms with Gasteiger partial charge in [0.25, 0.3) is 0 Å². The Labute approximate surface area is 61.2 Å². The molecule has 0 atom stereocenters. The van der Waals surface area contributed by atoms with Crippen LogP contribution in [0, 0.1) is 0 Å². The summed E-state index contributed by atoms with van der Waals surface area (Å²) in [6.45, 7) is 1.80. The van der Waals surface area contributed by atoms with Crippen molar-refractivity contribution >= 4 is 18.2 Å². The molecular formula is C5H13ClN2O. The van der Waals surface area contributed by atoms with Crippen LogP contribution in [0.3, 0.4) is 0 Å². The van der Waals surface area contributed by atoms with Crippen LogP contribution in [0.5, 0.6) is 0 Å². The first-order chi connectivity index (χ1) is 3.66. The smallest absolute Gasteiger partial charge is 0.135 e. The predicted octanol–water partition coefficient (Wildman–Crippen LogP) is 0.0209. The number of ketones is 1. The summed E-state index contributed by atoms with van der Waals surface area (Å²) < 4.78 is 0. The highest BCUT2D eigenvalue weighted by Crippen LogP contribution is 1.87. The molecule has 0 aromatic rings. The topological polar surface area (TPSA) is 69.1 Å². The van der Waals surface area contributed by atoms with Crippen LogP contribution in [0.15, 0.2) is 0 Å². The van der Waals surface area contributed by atoms with Gasteiger partial charge in [0.2, 0.25) is 0 Å². The Morgan fingerprint density at radius 2 is 2.00 bits per heavy atom. The van der Waals surface area contributed by atoms with Crippen LogP contribution < -0.4 is 11.5 Å². The lowest BCUT2D eigenvalue weighted by molar-refractivity contribution is -0.119. The van der Waals surface area contributed by atoms with E-state index in [1.807, 2.05) is 0 Å². The molecule has 0 aromatic carbocycles. The number of Topliss-reactive ketones (excluding diaryl/α,β-unsaturated/α-hetero) is 1. The maximum absolute atomic E-state index is 10.5. The molecule has 0 fully saturated rings. The van der Waals surface area contributed by atoms with Crippen molar-refractivity contribution in [1.29, 1.82) is 0 Å². The van der Waals surface area contributed by atoms with E-state index in [1.165, 1.54) is 0 Å². The summed E-state index contributed by atoms with van der Waals surface area (Å²) in [5.41, 5.74) is 10.3. The standard InChI is InChI=1S/C5H12N2O.ClH/c1-2-4(8)3-5(6)7;/h5H,2-3,6-7H2,1H3;1H. The molecule has 4 heteroatoms. The number of carbonyl (C=O) groups is 1. The van der Waals surface area contributed by atoms with Gasteiger partial charge in [-0.3, -0.25) is 4.79 Å². The molecule has 0 radical (unpaired) electrons. The molecule has 56 valence electrons. The Morgan fingerprint density at radius 1 is 1.56 bits per heavy atom. The Bertz CT molecular complexity index is 85.0. The molecule has 0 amide bonds. The average molecular weight is 153 g/mol. The Balaban J connectivity index is 0. The SMILES string of the molecule is CCC(=O)CC(N)N.Cl. The lowest BCUT2D eigenvalue weighted by atomic mass is 10.2. The van der Waals surface area contributed by atoms with Gasteiger partial charge < -0.3 is 11.5 Å². The first-order valence-corrected chi connectivity index (χ1v) is 2.69. The highest BCUT2D eigenvalue weighted by molar-refractivity contribution is 5.85. The van der Waals surface area contributed by atoms with Crippen molar-refractivity contribution in [3.05, 3.63) is 0 Å². The van der Waals surface area contributed by atoms with Crippen LogP contribution in [-0.2, 0) is 4.79 Å². The number of carbonyl (C=O) groups excluding carboxylic acids is 1. The maximum Gasteiger partial charge on any atom is 0.135 e. The molecule has 0 aliphatic heterocycles. The molecule has 0 bridgehead atoms. The van der Waals surface area contributed by atoms with Gasteiger partial charge in [0.15, 0.2) is 0 Å². The minimum atomic E-state index is -0.470. The Hall–Kier alpha value is -0.120. The van der Waals surface area contributed by atoms with Gasteiger partial charge in [-0.25, -0.2) is 0 Å². The summed E-state index contributed by atoms with van der Waals surface area (Å²) >= 11 is 0. The van der Waals surface area contributed by atoms with Gasteiger partial charge in [0, 0.05) is 12.8 Å². The fourth-order valence-electron chi connectivity index (χ4n) is 0.407. The average Bonchev–Trinajstić information content (AvgIpc) is 1.65. The Morgan fingerprint density at radius 3 is 2.11 bits per heavy atom. The van der Waals surface area contributed by atoms with Crippen LogP contribution in [-0.4, -0.2) is 11.9 Å². The third-order valence-corrected chi connectivity index (χ3v) is 0.858. The zero-order chi connectivity index (χ0) is 6.57. The fourth-order valence-corrected chi connectivity index (χ4v) is 0.407. The van der Waals surface area contributed by atoms with Gasteiger partial charge in [0.1, 0.15) is 5.78 Å². The summed E-state index contributed by atoms with van der Waals surface area (Å²) in [6.07, 6.45) is 0.365. The van der Waals surface area contributed by atoms with Crippen LogP contribution in [0.2, 0.25) is 0 Å². The highest BCUT2D eigenvalue weighted by Gasteiger charge is 2.00. The highest BCUT2D eigenvalue weighted by atomic mass is 35.5. The number of hydrogen-bond acceptors (Lipinski definition) is 3. The summed E-state index contributed by atoms with van der Waals surface area (Å²) in [4.78, 5) is 10.5. The van der Waals surface area contributed by atoms with Crippen molar-refractivity contribution < 1.29 is 4.79 Å². The van der Waals surface area contributed by atoms with E-state index >= 15 is 0 Å². The zero-order valence-electron chi connectivity index (χ0n) is 5.46. The largest absolute Gasteiger partial charge is 0.316 e. The van der Waals surface area contributed by atoms with Crippen molar-refractivity contribution in [1.82, 2.24) is 0 Å². The lowest BCUT2D eigenvalue weighted by Crippen LogP contribution is -2.32. The summed E-state index contributed by atoms with van der Waals surface area (Å²) in [7, 11) is 0. The fraction of sp³-hybridized carbons (Fsp3) is 0.800. The molecule has 0 spiro atoms. The van der Waals surface area contributed by atoms with E-state index in [0.29, 0.717) is 12.8 Å². The van der Waals surface area contributed by atoms with Crippen LogP contribution in [0.25, 0.3) is 0 Å². The monoisotopic (exact) mass is 152 g/mol. The minimum Gasteiger partial charge on any atom is -0.316 e. The van der Waals surface area contributed by atoms with E-state index in [1.54, 1.807) is 6.92 Å². The molecule has 0 aromatic heterocycles. The van der Waals surface area contributed by atoms with Gasteiger partial charge in [-0.1, -0.05) is 6.92 Å². The van der Waals surface area contributed by atoms with Crippen molar-refractivity contribution in [2.24, 2.45) is 11.5 Å². The molecule has 3 nitrogen and oxygen atoms in total. The minimum absolute atomic E-state index is 0. The summed E-state index contributed by atoms with van der Waals surface area (Å²) in [5.74, 6) is 0.125. The predicted molar refractivity (Wildman–Crippen MR) is 39.3 cm³/mol. The van der Waals surface area contributed by atoms with Crippen molar-refractivity contribution in [2.45, 2.75) is 25.9 Å². The van der Waals surface area contributed by atoms with Crippen molar-refractivity contribution in [3.63, 3.8) is 0 Å². The second kappa shape index (κ2) is 6.01. The van der Waals surface area contributed by atoms with Gasteiger partial charge in [0.05, 0.1) is 6.17 Å². The molecule has 0 saturated heterocycles. The molecule has 0 unspecified atom stereocenters. The number of rotatable bonds is 3. The molecule has 0 rings (SSSR count). The van der Waals surface area contributed by atoms with Crippen molar-refractivity contribution in [2.75, 3.05) is 0 Å². The maximum atomic E-state index is 10.5. The van der Waals surface area contributed by atoms with Gasteiger partial charge in [-0.05, 0) is 0 Å². The first kappa shape index (κ1) is 11.6.